The van der Waals surface area contributed by atoms with Crippen LogP contribution in [0.1, 0.15) is 61.1 Å². The third-order valence-corrected chi connectivity index (χ3v) is 20.6. The molecule has 46 heavy (non-hydrogen) atoms. The zero-order valence-electron chi connectivity index (χ0n) is 26.7. The maximum absolute atomic E-state index is 6.40. The number of hydrogen-bond acceptors (Lipinski definition) is 0. The molecule has 0 radical (unpaired) electrons. The smallest absolute Gasteiger partial charge is 0.147 e. The molecule has 0 nitrogen and oxygen atoms in total. The van der Waals surface area contributed by atoms with Crippen LogP contribution in [0.25, 0.3) is 23.3 Å². The van der Waals surface area contributed by atoms with Crippen LogP contribution in [0.4, 0.5) is 0 Å². The Balaban J connectivity index is 0.00000240. The van der Waals surface area contributed by atoms with Crippen LogP contribution in [-0.2, 0) is 25.7 Å². The third kappa shape index (κ3) is 7.06. The van der Waals surface area contributed by atoms with Gasteiger partial charge in [0.2, 0.25) is 0 Å². The quantitative estimate of drug-likeness (QED) is 0.162. The molecular formula is C41H40Cl4Zr. The molecule has 0 heterocycles. The Morgan fingerprint density at radius 3 is 1.74 bits per heavy atom. The fourth-order valence-corrected chi connectivity index (χ4v) is 18.9. The number of allylic oxidation sites excluding steroid dienone is 4. The van der Waals surface area contributed by atoms with E-state index in [1.165, 1.54) is 42.2 Å². The van der Waals surface area contributed by atoms with E-state index in [1.807, 2.05) is 36.4 Å². The molecule has 236 valence electrons. The van der Waals surface area contributed by atoms with Gasteiger partial charge in [-0.05, 0) is 0 Å². The van der Waals surface area contributed by atoms with Crippen LogP contribution < -0.4 is 3.27 Å². The summed E-state index contributed by atoms with van der Waals surface area (Å²) in [5.41, 5.74) is 11.6. The number of halogens is 4. The van der Waals surface area contributed by atoms with Crippen molar-refractivity contribution in [3.8, 4) is 11.1 Å². The number of benzene rings is 4. The van der Waals surface area contributed by atoms with E-state index in [1.54, 1.807) is 3.28 Å². The Kier molecular flexibility index (Phi) is 11.4. The zero-order chi connectivity index (χ0) is 31.2. The standard InChI is InChI=1S/C17H13.C10H15.2C7H5Cl.2ClH.Zr/c1-3-12-5-7-14-11-15-8-6-13(4-2)10-17(15)16(14)9-12;1-8-5-6-9(7-8)10(2,3)4;2*1-6-2-4-7(8)5-3-6;;;/h3-7,9-10H,1-2,11H2;6-8H,1-4H3;2*1-5H;2*1H;. The van der Waals surface area contributed by atoms with Gasteiger partial charge in [0.1, 0.15) is 0 Å². The zero-order valence-corrected chi connectivity index (χ0v) is 32.3. The van der Waals surface area contributed by atoms with E-state index in [0.29, 0.717) is 5.92 Å². The molecule has 0 amide bonds. The molecule has 6 rings (SSSR count). The molecule has 0 saturated carbocycles. The van der Waals surface area contributed by atoms with Crippen molar-refractivity contribution in [2.24, 2.45) is 11.3 Å². The molecule has 0 N–H and O–H groups in total. The summed E-state index contributed by atoms with van der Waals surface area (Å²) in [7, 11) is 0. The second-order valence-electron chi connectivity index (χ2n) is 13.1. The Labute approximate surface area is 300 Å². The first kappa shape index (κ1) is 36.5. The summed E-state index contributed by atoms with van der Waals surface area (Å²) in [6, 6.07) is 28.3. The van der Waals surface area contributed by atoms with Gasteiger partial charge in [0, 0.05) is 0 Å². The van der Waals surface area contributed by atoms with Crippen LogP contribution >= 0.6 is 48.0 Å². The van der Waals surface area contributed by atoms with Crippen molar-refractivity contribution >= 4 is 70.9 Å². The minimum atomic E-state index is -3.93. The van der Waals surface area contributed by atoms with Crippen molar-refractivity contribution in [2.75, 3.05) is 0 Å². The predicted molar refractivity (Wildman–Crippen MR) is 207 cm³/mol. The molecule has 0 spiro atoms. The first-order valence-corrected chi connectivity index (χ1v) is 21.3. The summed E-state index contributed by atoms with van der Waals surface area (Å²) in [5.74, 6) is 0.311. The molecule has 0 saturated heterocycles. The fourth-order valence-electron chi connectivity index (χ4n) is 6.76. The van der Waals surface area contributed by atoms with Gasteiger partial charge in [-0.3, -0.25) is 0 Å². The molecule has 1 unspecified atom stereocenters. The Hall–Kier alpha value is -2.38. The van der Waals surface area contributed by atoms with E-state index < -0.39 is 19.3 Å². The van der Waals surface area contributed by atoms with Gasteiger partial charge in [-0.2, -0.15) is 0 Å². The SMILES string of the molecule is C=Cc1ccc2c(c1)-c1cc(C=C)c[c]([Zr](=[CH]c3ccc(Cl)cc3)(=[CH]c3ccc(Cl)cc3)[C]3=CC(C(C)(C)C)=CC3C)c1C2.Cl.Cl. The Morgan fingerprint density at radius 1 is 0.717 bits per heavy atom. The maximum atomic E-state index is 6.40. The Morgan fingerprint density at radius 2 is 1.24 bits per heavy atom. The van der Waals surface area contributed by atoms with Crippen LogP contribution in [0.15, 0.2) is 113 Å². The second-order valence-corrected chi connectivity index (χ2v) is 22.4. The Bertz CT molecular complexity index is 1940. The average Bonchev–Trinajstić information content (AvgIpc) is 3.59. The van der Waals surface area contributed by atoms with Crippen molar-refractivity contribution in [2.45, 2.75) is 34.1 Å². The van der Waals surface area contributed by atoms with Gasteiger partial charge in [-0.15, -0.1) is 24.8 Å². The van der Waals surface area contributed by atoms with Crippen LogP contribution in [0.3, 0.4) is 0 Å². The van der Waals surface area contributed by atoms with E-state index in [-0.39, 0.29) is 30.2 Å². The summed E-state index contributed by atoms with van der Waals surface area (Å²) >= 11 is 8.87. The van der Waals surface area contributed by atoms with Crippen molar-refractivity contribution in [1.29, 1.82) is 0 Å². The molecule has 0 fully saturated rings. The minimum absolute atomic E-state index is 0. The number of hydrogen-bond donors (Lipinski definition) is 0. The summed E-state index contributed by atoms with van der Waals surface area (Å²) in [6.45, 7) is 17.6. The third-order valence-electron chi connectivity index (χ3n) is 9.08. The summed E-state index contributed by atoms with van der Waals surface area (Å²) in [6.07, 6.45) is 9.90. The van der Waals surface area contributed by atoms with Crippen LogP contribution in [0, 0.1) is 11.3 Å². The molecule has 4 aromatic rings. The molecule has 0 aliphatic heterocycles. The van der Waals surface area contributed by atoms with Crippen LogP contribution in [0.5, 0.6) is 0 Å². The number of rotatable bonds is 6. The number of fused-ring (bicyclic) bond motifs is 3. The van der Waals surface area contributed by atoms with E-state index >= 15 is 0 Å². The largest absolute Gasteiger partial charge is 0.147 e. The van der Waals surface area contributed by atoms with E-state index in [2.05, 4.69) is 115 Å². The van der Waals surface area contributed by atoms with Gasteiger partial charge < -0.3 is 0 Å². The van der Waals surface area contributed by atoms with Gasteiger partial charge in [-0.25, -0.2) is 0 Å². The van der Waals surface area contributed by atoms with Crippen LogP contribution in [0.2, 0.25) is 10.0 Å². The van der Waals surface area contributed by atoms with Gasteiger partial charge in [-0.1, -0.05) is 0 Å². The van der Waals surface area contributed by atoms with Crippen molar-refractivity contribution in [3.05, 3.63) is 156 Å². The molecular weight excluding hydrogens is 725 g/mol. The monoisotopic (exact) mass is 762 g/mol. The van der Waals surface area contributed by atoms with E-state index in [0.717, 1.165) is 27.6 Å². The molecule has 0 aromatic heterocycles. The molecule has 2 aliphatic carbocycles. The van der Waals surface area contributed by atoms with Gasteiger partial charge >= 0.3 is 278 Å². The molecule has 0 bridgehead atoms. The topological polar surface area (TPSA) is 0 Å². The van der Waals surface area contributed by atoms with Crippen molar-refractivity contribution < 1.29 is 19.3 Å². The maximum Gasteiger partial charge on any atom is -0.147 e. The van der Waals surface area contributed by atoms with Crippen molar-refractivity contribution in [3.63, 3.8) is 0 Å². The molecule has 2 aliphatic rings. The van der Waals surface area contributed by atoms with Gasteiger partial charge in [0.15, 0.2) is 0 Å². The second kappa shape index (κ2) is 14.4. The first-order chi connectivity index (χ1) is 21.0. The van der Waals surface area contributed by atoms with Gasteiger partial charge in [0.25, 0.3) is 0 Å². The summed E-state index contributed by atoms with van der Waals surface area (Å²) in [5, 5.41) is 1.50. The molecule has 1 atom stereocenters. The van der Waals surface area contributed by atoms with Gasteiger partial charge in [0.05, 0.1) is 0 Å². The van der Waals surface area contributed by atoms with Crippen LogP contribution in [-0.4, -0.2) is 7.42 Å². The fraction of sp³-hybridized carbons (Fsp3) is 0.171. The van der Waals surface area contributed by atoms with Crippen molar-refractivity contribution in [1.82, 2.24) is 0 Å². The predicted octanol–water partition coefficient (Wildman–Crippen LogP) is 11.7. The average molecular weight is 766 g/mol. The first-order valence-electron chi connectivity index (χ1n) is 15.2. The normalized spacial score (nSPS) is 14.6. The summed E-state index contributed by atoms with van der Waals surface area (Å²) in [4.78, 5) is 0. The molecule has 5 heteroatoms. The van der Waals surface area contributed by atoms with E-state index in [4.69, 9.17) is 23.2 Å². The van der Waals surface area contributed by atoms with E-state index in [9.17, 15) is 0 Å². The molecule has 4 aromatic carbocycles. The minimum Gasteiger partial charge on any atom is -0.147 e. The summed E-state index contributed by atoms with van der Waals surface area (Å²) < 4.78 is 8.32.